The molecule has 0 unspecified atom stereocenters. The number of hydrogen-bond donors (Lipinski definition) is 1. The lowest BCUT2D eigenvalue weighted by Gasteiger charge is -2.11. The molecule has 0 aliphatic carbocycles. The first-order valence-corrected chi connectivity index (χ1v) is 6.24. The predicted molar refractivity (Wildman–Crippen MR) is 73.3 cm³/mol. The molecule has 0 saturated carbocycles. The van der Waals surface area contributed by atoms with Gasteiger partial charge in [-0.05, 0) is 53.0 Å². The molecule has 5 nitrogen and oxygen atoms in total. The molecule has 2 rings (SSSR count). The number of halogens is 1. The SMILES string of the molecule is Cc1cc(C#N)cc(C)c1Oc1nc[nH]c(=O)c1Br. The quantitative estimate of drug-likeness (QED) is 0.923. The number of benzene rings is 1. The summed E-state index contributed by atoms with van der Waals surface area (Å²) in [5.41, 5.74) is 1.88. The van der Waals surface area contributed by atoms with Crippen molar-refractivity contribution in [2.45, 2.75) is 13.8 Å². The number of hydrogen-bond acceptors (Lipinski definition) is 4. The zero-order valence-electron chi connectivity index (χ0n) is 10.3. The fourth-order valence-electron chi connectivity index (χ4n) is 1.71. The topological polar surface area (TPSA) is 78.8 Å². The van der Waals surface area contributed by atoms with Crippen LogP contribution in [0.1, 0.15) is 16.7 Å². The Morgan fingerprint density at radius 2 is 2.00 bits per heavy atom. The Kier molecular flexibility index (Phi) is 3.67. The number of aromatic nitrogens is 2. The molecule has 0 atom stereocenters. The second-order valence-corrected chi connectivity index (χ2v) is 4.80. The first-order valence-electron chi connectivity index (χ1n) is 5.45. The lowest BCUT2D eigenvalue weighted by Crippen LogP contribution is -2.08. The number of rotatable bonds is 2. The van der Waals surface area contributed by atoms with Crippen LogP contribution in [0.3, 0.4) is 0 Å². The zero-order chi connectivity index (χ0) is 14.0. The normalized spacial score (nSPS) is 10.0. The van der Waals surface area contributed by atoms with Gasteiger partial charge in [-0.25, -0.2) is 4.98 Å². The average molecular weight is 320 g/mol. The molecule has 0 bridgehead atoms. The van der Waals surface area contributed by atoms with Gasteiger partial charge in [0, 0.05) is 0 Å². The maximum Gasteiger partial charge on any atom is 0.268 e. The van der Waals surface area contributed by atoms with E-state index in [4.69, 9.17) is 10.00 Å². The summed E-state index contributed by atoms with van der Waals surface area (Å²) < 4.78 is 5.90. The maximum absolute atomic E-state index is 11.4. The molecule has 0 fully saturated rings. The summed E-state index contributed by atoms with van der Waals surface area (Å²) in [6.45, 7) is 3.68. The van der Waals surface area contributed by atoms with Gasteiger partial charge in [0.05, 0.1) is 18.0 Å². The summed E-state index contributed by atoms with van der Waals surface area (Å²) in [4.78, 5) is 17.8. The van der Waals surface area contributed by atoms with Crippen molar-refractivity contribution in [3.05, 3.63) is 50.0 Å². The second kappa shape index (κ2) is 5.24. The molecular formula is C13H10BrN3O2. The average Bonchev–Trinajstić information content (AvgIpc) is 2.38. The van der Waals surface area contributed by atoms with E-state index in [1.54, 1.807) is 12.1 Å². The summed E-state index contributed by atoms with van der Waals surface area (Å²) in [5, 5.41) is 8.89. The van der Waals surface area contributed by atoms with Crippen molar-refractivity contribution in [1.82, 2.24) is 9.97 Å². The van der Waals surface area contributed by atoms with Gasteiger partial charge in [0.15, 0.2) is 0 Å². The molecule has 19 heavy (non-hydrogen) atoms. The van der Waals surface area contributed by atoms with Crippen molar-refractivity contribution in [3.63, 3.8) is 0 Å². The highest BCUT2D eigenvalue weighted by molar-refractivity contribution is 9.10. The van der Waals surface area contributed by atoms with E-state index in [0.717, 1.165) is 11.1 Å². The second-order valence-electron chi connectivity index (χ2n) is 4.00. The Morgan fingerprint density at radius 1 is 1.37 bits per heavy atom. The third-order valence-corrected chi connectivity index (χ3v) is 3.25. The Balaban J connectivity index is 2.48. The van der Waals surface area contributed by atoms with Gasteiger partial charge in [0.2, 0.25) is 5.88 Å². The smallest absolute Gasteiger partial charge is 0.268 e. The molecule has 1 heterocycles. The van der Waals surface area contributed by atoms with Crippen LogP contribution in [0.15, 0.2) is 27.7 Å². The predicted octanol–water partition coefficient (Wildman–Crippen LogP) is 2.81. The van der Waals surface area contributed by atoms with E-state index in [1.165, 1.54) is 6.33 Å². The van der Waals surface area contributed by atoms with Gasteiger partial charge >= 0.3 is 0 Å². The lowest BCUT2D eigenvalue weighted by molar-refractivity contribution is 0.450. The monoisotopic (exact) mass is 319 g/mol. The molecule has 0 radical (unpaired) electrons. The molecule has 96 valence electrons. The van der Waals surface area contributed by atoms with Gasteiger partial charge in [-0.15, -0.1) is 0 Å². The van der Waals surface area contributed by atoms with Crippen LogP contribution in [0.25, 0.3) is 0 Å². The van der Waals surface area contributed by atoms with Gasteiger partial charge in [-0.3, -0.25) is 4.79 Å². The van der Waals surface area contributed by atoms with E-state index < -0.39 is 0 Å². The Hall–Kier alpha value is -2.13. The maximum atomic E-state index is 11.4. The number of H-pyrrole nitrogens is 1. The highest BCUT2D eigenvalue weighted by Crippen LogP contribution is 2.30. The molecular weight excluding hydrogens is 310 g/mol. The molecule has 1 aromatic heterocycles. The van der Waals surface area contributed by atoms with Gasteiger partial charge in [0.1, 0.15) is 10.2 Å². The summed E-state index contributed by atoms with van der Waals surface area (Å²) in [5.74, 6) is 0.789. The van der Waals surface area contributed by atoms with Crippen LogP contribution in [0.2, 0.25) is 0 Å². The van der Waals surface area contributed by atoms with Crippen molar-refractivity contribution in [3.8, 4) is 17.7 Å². The highest BCUT2D eigenvalue weighted by Gasteiger charge is 2.12. The molecule has 0 amide bonds. The van der Waals surface area contributed by atoms with E-state index in [0.29, 0.717) is 11.3 Å². The summed E-state index contributed by atoms with van der Waals surface area (Å²) >= 11 is 3.13. The standard InChI is InChI=1S/C13H10BrN3O2/c1-7-3-9(5-15)4-8(2)11(7)19-13-10(14)12(18)16-6-17-13/h3-4,6H,1-2H3,(H,16,17,18). The van der Waals surface area contributed by atoms with Crippen LogP contribution in [0.4, 0.5) is 0 Å². The molecule has 0 saturated heterocycles. The first-order chi connectivity index (χ1) is 9.02. The molecule has 6 heteroatoms. The van der Waals surface area contributed by atoms with Gasteiger partial charge in [-0.1, -0.05) is 0 Å². The van der Waals surface area contributed by atoms with E-state index in [1.807, 2.05) is 13.8 Å². The van der Waals surface area contributed by atoms with Gasteiger partial charge in [0.25, 0.3) is 5.56 Å². The Morgan fingerprint density at radius 3 is 2.58 bits per heavy atom. The van der Waals surface area contributed by atoms with Crippen molar-refractivity contribution in [2.75, 3.05) is 0 Å². The minimum Gasteiger partial charge on any atom is -0.437 e. The third-order valence-electron chi connectivity index (χ3n) is 2.55. The largest absolute Gasteiger partial charge is 0.437 e. The summed E-state index contributed by atoms with van der Waals surface area (Å²) in [7, 11) is 0. The molecule has 1 aromatic carbocycles. The van der Waals surface area contributed by atoms with Crippen LogP contribution >= 0.6 is 15.9 Å². The van der Waals surface area contributed by atoms with Gasteiger partial charge in [-0.2, -0.15) is 5.26 Å². The molecule has 0 aliphatic rings. The first kappa shape index (κ1) is 13.3. The number of aryl methyl sites for hydroxylation is 2. The number of nitriles is 1. The van der Waals surface area contributed by atoms with Crippen molar-refractivity contribution in [2.24, 2.45) is 0 Å². The fraction of sp³-hybridized carbons (Fsp3) is 0.154. The van der Waals surface area contributed by atoms with Crippen LogP contribution in [0.5, 0.6) is 11.6 Å². The molecule has 2 aromatic rings. The Labute approximate surface area is 118 Å². The van der Waals surface area contributed by atoms with Crippen LogP contribution in [-0.2, 0) is 0 Å². The zero-order valence-corrected chi connectivity index (χ0v) is 11.9. The molecule has 1 N–H and O–H groups in total. The van der Waals surface area contributed by atoms with Crippen molar-refractivity contribution >= 4 is 15.9 Å². The van der Waals surface area contributed by atoms with Crippen LogP contribution in [-0.4, -0.2) is 9.97 Å². The summed E-state index contributed by atoms with van der Waals surface area (Å²) in [6, 6.07) is 5.54. The molecule has 0 spiro atoms. The number of aromatic amines is 1. The lowest BCUT2D eigenvalue weighted by atomic mass is 10.1. The third kappa shape index (κ3) is 2.66. The highest BCUT2D eigenvalue weighted by atomic mass is 79.9. The van der Waals surface area contributed by atoms with Crippen molar-refractivity contribution in [1.29, 1.82) is 5.26 Å². The van der Waals surface area contributed by atoms with E-state index in [2.05, 4.69) is 32.0 Å². The van der Waals surface area contributed by atoms with Gasteiger partial charge < -0.3 is 9.72 Å². The fourth-order valence-corrected chi connectivity index (χ4v) is 2.01. The minimum absolute atomic E-state index is 0.194. The number of nitrogens with zero attached hydrogens (tertiary/aromatic N) is 2. The van der Waals surface area contributed by atoms with Crippen LogP contribution in [0, 0.1) is 25.2 Å². The Bertz CT molecular complexity index is 708. The number of ether oxygens (including phenoxy) is 1. The summed E-state index contributed by atoms with van der Waals surface area (Å²) in [6.07, 6.45) is 1.27. The molecule has 0 aliphatic heterocycles. The van der Waals surface area contributed by atoms with Crippen LogP contribution < -0.4 is 10.3 Å². The van der Waals surface area contributed by atoms with E-state index >= 15 is 0 Å². The number of nitrogens with one attached hydrogen (secondary N) is 1. The van der Waals surface area contributed by atoms with E-state index in [-0.39, 0.29) is 15.9 Å². The minimum atomic E-state index is -0.311. The van der Waals surface area contributed by atoms with E-state index in [9.17, 15) is 4.79 Å². The van der Waals surface area contributed by atoms with Crippen molar-refractivity contribution < 1.29 is 4.74 Å².